The quantitative estimate of drug-likeness (QED) is 0.391. The second-order valence-electron chi connectivity index (χ2n) is 2.54. The summed E-state index contributed by atoms with van der Waals surface area (Å²) in [7, 11) is 0. The third kappa shape index (κ3) is 6.81. The fourth-order valence-corrected chi connectivity index (χ4v) is 1.54. The molecule has 0 saturated carbocycles. The lowest BCUT2D eigenvalue weighted by atomic mass is 10.2. The molecule has 0 aliphatic rings. The minimum absolute atomic E-state index is 0.438. The van der Waals surface area contributed by atoms with Gasteiger partial charge in [0.1, 0.15) is 0 Å². The van der Waals surface area contributed by atoms with Crippen LogP contribution in [0.1, 0.15) is 26.2 Å². The van der Waals surface area contributed by atoms with Crippen LogP contribution in [-0.2, 0) is 4.74 Å². The molecule has 1 unspecified atom stereocenters. The van der Waals surface area contributed by atoms with Crippen molar-refractivity contribution in [1.82, 2.24) is 0 Å². The molecule has 1 atom stereocenters. The summed E-state index contributed by atoms with van der Waals surface area (Å²) in [6.07, 6.45) is 5.96. The number of rotatable bonds is 7. The van der Waals surface area contributed by atoms with Crippen LogP contribution in [-0.4, -0.2) is 17.1 Å². The van der Waals surface area contributed by atoms with Crippen LogP contribution in [0.4, 0.5) is 0 Å². The highest BCUT2D eigenvalue weighted by Crippen LogP contribution is 2.07. The van der Waals surface area contributed by atoms with Crippen LogP contribution in [0.2, 0.25) is 0 Å². The van der Waals surface area contributed by atoms with E-state index < -0.39 is 0 Å². The van der Waals surface area contributed by atoms with Crippen LogP contribution in [0.5, 0.6) is 0 Å². The zero-order valence-corrected chi connectivity index (χ0v) is 9.34. The zero-order valence-electron chi connectivity index (χ0n) is 7.18. The summed E-state index contributed by atoms with van der Waals surface area (Å²) in [5, 5.41) is 0. The van der Waals surface area contributed by atoms with Gasteiger partial charge >= 0.3 is 0 Å². The van der Waals surface area contributed by atoms with Crippen molar-refractivity contribution >= 4 is 22.6 Å². The number of alkyl halides is 1. The molecule has 0 aromatic heterocycles. The van der Waals surface area contributed by atoms with E-state index in [9.17, 15) is 0 Å². The first-order valence-electron chi connectivity index (χ1n) is 4.13. The maximum Gasteiger partial charge on any atom is 0.0668 e. The molecule has 0 N–H and O–H groups in total. The molecule has 1 nitrogen and oxygen atoms in total. The molecule has 0 saturated heterocycles. The van der Waals surface area contributed by atoms with E-state index in [-0.39, 0.29) is 0 Å². The molecule has 0 aromatic rings. The van der Waals surface area contributed by atoms with Crippen LogP contribution in [0.3, 0.4) is 0 Å². The van der Waals surface area contributed by atoms with Gasteiger partial charge in [-0.25, -0.2) is 0 Å². The summed E-state index contributed by atoms with van der Waals surface area (Å²) >= 11 is 2.37. The molecule has 0 radical (unpaired) electrons. The topological polar surface area (TPSA) is 9.23 Å². The first kappa shape index (κ1) is 11.4. The van der Waals surface area contributed by atoms with E-state index >= 15 is 0 Å². The lowest BCUT2D eigenvalue weighted by Crippen LogP contribution is -2.14. The van der Waals surface area contributed by atoms with E-state index in [0.717, 1.165) is 4.43 Å². The molecule has 0 amide bonds. The molecule has 0 rings (SSSR count). The Morgan fingerprint density at radius 2 is 2.36 bits per heavy atom. The Morgan fingerprint density at radius 1 is 1.64 bits per heavy atom. The molecule has 0 heterocycles. The van der Waals surface area contributed by atoms with Crippen LogP contribution in [0.15, 0.2) is 12.7 Å². The molecule has 66 valence electrons. The summed E-state index contributed by atoms with van der Waals surface area (Å²) in [6.45, 7) is 6.52. The lowest BCUT2D eigenvalue weighted by molar-refractivity contribution is 0.0859. The molecule has 0 fully saturated rings. The third-order valence-electron chi connectivity index (χ3n) is 1.50. The molecule has 11 heavy (non-hydrogen) atoms. The maximum absolute atomic E-state index is 5.52. The number of halogens is 1. The third-order valence-corrected chi connectivity index (χ3v) is 2.48. The van der Waals surface area contributed by atoms with E-state index in [0.29, 0.717) is 12.7 Å². The minimum Gasteiger partial charge on any atom is -0.373 e. The second-order valence-corrected chi connectivity index (χ2v) is 3.42. The van der Waals surface area contributed by atoms with Crippen molar-refractivity contribution in [3.63, 3.8) is 0 Å². The first-order chi connectivity index (χ1) is 5.35. The average Bonchev–Trinajstić information content (AvgIpc) is 2.05. The van der Waals surface area contributed by atoms with E-state index in [4.69, 9.17) is 4.74 Å². The van der Waals surface area contributed by atoms with Gasteiger partial charge in [0.25, 0.3) is 0 Å². The zero-order chi connectivity index (χ0) is 8.53. The van der Waals surface area contributed by atoms with Crippen molar-refractivity contribution in [3.8, 4) is 0 Å². The van der Waals surface area contributed by atoms with Crippen LogP contribution < -0.4 is 0 Å². The van der Waals surface area contributed by atoms with Crippen molar-refractivity contribution in [1.29, 1.82) is 0 Å². The summed E-state index contributed by atoms with van der Waals surface area (Å²) < 4.78 is 6.61. The Labute approximate surface area is 83.3 Å². The van der Waals surface area contributed by atoms with Gasteiger partial charge in [-0.05, 0) is 6.42 Å². The molecule has 0 aliphatic carbocycles. The van der Waals surface area contributed by atoms with Gasteiger partial charge in [-0.3, -0.25) is 0 Å². The molecule has 0 bridgehead atoms. The van der Waals surface area contributed by atoms with E-state index in [1.54, 1.807) is 0 Å². The van der Waals surface area contributed by atoms with Gasteiger partial charge in [0.2, 0.25) is 0 Å². The predicted molar refractivity (Wildman–Crippen MR) is 58.3 cm³/mol. The summed E-state index contributed by atoms with van der Waals surface area (Å²) in [4.78, 5) is 0. The number of unbranched alkanes of at least 4 members (excludes halogenated alkanes) is 1. The Hall–Kier alpha value is 0.430. The fourth-order valence-electron chi connectivity index (χ4n) is 0.841. The van der Waals surface area contributed by atoms with Crippen molar-refractivity contribution in [3.05, 3.63) is 12.7 Å². The highest BCUT2D eigenvalue weighted by Gasteiger charge is 2.04. The molecule has 0 aromatic carbocycles. The van der Waals surface area contributed by atoms with Crippen LogP contribution in [0, 0.1) is 0 Å². The summed E-state index contributed by atoms with van der Waals surface area (Å²) in [5.41, 5.74) is 0. The second kappa shape index (κ2) is 8.53. The highest BCUT2D eigenvalue weighted by atomic mass is 127. The molecular weight excluding hydrogens is 251 g/mol. The number of ether oxygens (including phenoxy) is 1. The Bertz CT molecular complexity index is 93.6. The average molecular weight is 268 g/mol. The molecule has 2 heteroatoms. The van der Waals surface area contributed by atoms with Gasteiger partial charge < -0.3 is 4.74 Å². The molecule has 0 spiro atoms. The largest absolute Gasteiger partial charge is 0.373 e. The van der Waals surface area contributed by atoms with E-state index in [1.165, 1.54) is 19.3 Å². The van der Waals surface area contributed by atoms with Crippen LogP contribution in [0.25, 0.3) is 0 Å². The van der Waals surface area contributed by atoms with Gasteiger partial charge in [-0.1, -0.05) is 48.4 Å². The van der Waals surface area contributed by atoms with E-state index in [2.05, 4.69) is 36.1 Å². The number of hydrogen-bond acceptors (Lipinski definition) is 1. The Kier molecular flexibility index (Phi) is 8.86. The molecule has 0 aliphatic heterocycles. The normalized spacial score (nSPS) is 12.9. The van der Waals surface area contributed by atoms with Crippen molar-refractivity contribution in [2.24, 2.45) is 0 Å². The van der Waals surface area contributed by atoms with Gasteiger partial charge in [0.05, 0.1) is 12.7 Å². The SMILES string of the molecule is C=CCOC(CI)CCCC. The lowest BCUT2D eigenvalue weighted by Gasteiger charge is -2.12. The smallest absolute Gasteiger partial charge is 0.0668 e. The first-order valence-corrected chi connectivity index (χ1v) is 5.66. The predicted octanol–water partition coefficient (Wildman–Crippen LogP) is 3.18. The van der Waals surface area contributed by atoms with Crippen LogP contribution >= 0.6 is 22.6 Å². The minimum atomic E-state index is 0.438. The van der Waals surface area contributed by atoms with Crippen molar-refractivity contribution in [2.75, 3.05) is 11.0 Å². The van der Waals surface area contributed by atoms with Gasteiger partial charge in [-0.2, -0.15) is 0 Å². The van der Waals surface area contributed by atoms with Gasteiger partial charge in [-0.15, -0.1) is 6.58 Å². The van der Waals surface area contributed by atoms with Gasteiger partial charge in [0.15, 0.2) is 0 Å². The monoisotopic (exact) mass is 268 g/mol. The molecular formula is C9H17IO. The Morgan fingerprint density at radius 3 is 2.82 bits per heavy atom. The Balaban J connectivity index is 3.32. The summed E-state index contributed by atoms with van der Waals surface area (Å²) in [5.74, 6) is 0. The highest BCUT2D eigenvalue weighted by molar-refractivity contribution is 14.1. The standard InChI is InChI=1S/C9H17IO/c1-3-5-6-9(8-10)11-7-4-2/h4,9H,2-3,5-8H2,1H3. The van der Waals surface area contributed by atoms with Crippen molar-refractivity contribution in [2.45, 2.75) is 32.3 Å². The number of hydrogen-bond donors (Lipinski definition) is 0. The van der Waals surface area contributed by atoms with Gasteiger partial charge in [0, 0.05) is 4.43 Å². The van der Waals surface area contributed by atoms with Crippen molar-refractivity contribution < 1.29 is 4.74 Å². The van der Waals surface area contributed by atoms with E-state index in [1.807, 2.05) is 6.08 Å². The summed E-state index contributed by atoms with van der Waals surface area (Å²) in [6, 6.07) is 0. The maximum atomic E-state index is 5.52. The fraction of sp³-hybridized carbons (Fsp3) is 0.778.